The quantitative estimate of drug-likeness (QED) is 0.484. The number of likely N-dealkylation sites (tertiary alicyclic amines) is 1. The SMILES string of the molecule is CN=C(NCC1(c2cccc(F)c2)CCOCC1)N1CC(C)C(C(=O)OC)C1. The van der Waals surface area contributed by atoms with Crippen LogP contribution in [0.5, 0.6) is 0 Å². The van der Waals surface area contributed by atoms with E-state index in [2.05, 4.69) is 22.1 Å². The predicted octanol–water partition coefficient (Wildman–Crippen LogP) is 2.19. The topological polar surface area (TPSA) is 63.2 Å². The number of methoxy groups -OCH3 is 1. The van der Waals surface area contributed by atoms with Gasteiger partial charge in [-0.3, -0.25) is 9.79 Å². The van der Waals surface area contributed by atoms with Gasteiger partial charge in [-0.15, -0.1) is 0 Å². The Morgan fingerprint density at radius 3 is 2.79 bits per heavy atom. The van der Waals surface area contributed by atoms with E-state index in [0.29, 0.717) is 26.3 Å². The lowest BCUT2D eigenvalue weighted by atomic mass is 9.74. The Kier molecular flexibility index (Phi) is 6.54. The number of benzene rings is 1. The van der Waals surface area contributed by atoms with Gasteiger partial charge in [0, 0.05) is 45.3 Å². The van der Waals surface area contributed by atoms with Gasteiger partial charge in [0.05, 0.1) is 13.0 Å². The lowest BCUT2D eigenvalue weighted by Crippen LogP contribution is -2.49. The van der Waals surface area contributed by atoms with Gasteiger partial charge in [-0.2, -0.15) is 0 Å². The molecule has 2 atom stereocenters. The monoisotopic (exact) mass is 391 g/mol. The zero-order chi connectivity index (χ0) is 20.1. The van der Waals surface area contributed by atoms with Crippen molar-refractivity contribution in [2.45, 2.75) is 25.2 Å². The van der Waals surface area contributed by atoms with Gasteiger partial charge in [-0.1, -0.05) is 19.1 Å². The van der Waals surface area contributed by atoms with Crippen molar-refractivity contribution in [3.05, 3.63) is 35.6 Å². The molecule has 0 radical (unpaired) electrons. The van der Waals surface area contributed by atoms with Gasteiger partial charge in [0.15, 0.2) is 5.96 Å². The van der Waals surface area contributed by atoms with Crippen molar-refractivity contribution in [1.82, 2.24) is 10.2 Å². The molecule has 154 valence electrons. The molecule has 0 aromatic heterocycles. The third kappa shape index (κ3) is 4.29. The van der Waals surface area contributed by atoms with Crippen molar-refractivity contribution in [3.63, 3.8) is 0 Å². The standard InChI is InChI=1S/C21H30FN3O3/c1-15-12-25(13-18(15)19(26)27-3)20(23-2)24-14-21(7-9-28-10-8-21)16-5-4-6-17(22)11-16/h4-6,11,15,18H,7-10,12-14H2,1-3H3,(H,23,24). The van der Waals surface area contributed by atoms with Crippen LogP contribution in [0.1, 0.15) is 25.3 Å². The lowest BCUT2D eigenvalue weighted by Gasteiger charge is -2.39. The molecule has 7 heteroatoms. The van der Waals surface area contributed by atoms with Crippen LogP contribution in [-0.4, -0.2) is 63.8 Å². The minimum absolute atomic E-state index is 0.149. The van der Waals surface area contributed by atoms with E-state index in [1.54, 1.807) is 19.2 Å². The number of hydrogen-bond acceptors (Lipinski definition) is 4. The highest BCUT2D eigenvalue weighted by Crippen LogP contribution is 2.35. The van der Waals surface area contributed by atoms with E-state index < -0.39 is 0 Å². The van der Waals surface area contributed by atoms with Gasteiger partial charge in [0.1, 0.15) is 5.82 Å². The second-order valence-corrected chi connectivity index (χ2v) is 7.82. The van der Waals surface area contributed by atoms with Gasteiger partial charge in [-0.05, 0) is 36.5 Å². The summed E-state index contributed by atoms with van der Waals surface area (Å²) in [6.45, 7) is 5.34. The summed E-state index contributed by atoms with van der Waals surface area (Å²) in [6, 6.07) is 6.85. The summed E-state index contributed by atoms with van der Waals surface area (Å²) >= 11 is 0. The predicted molar refractivity (Wildman–Crippen MR) is 106 cm³/mol. The minimum atomic E-state index is -0.220. The Hall–Kier alpha value is -2.15. The lowest BCUT2D eigenvalue weighted by molar-refractivity contribution is -0.145. The van der Waals surface area contributed by atoms with Crippen LogP contribution in [0.3, 0.4) is 0 Å². The first-order chi connectivity index (χ1) is 13.5. The third-order valence-corrected chi connectivity index (χ3v) is 6.10. The van der Waals surface area contributed by atoms with Crippen molar-refractivity contribution < 1.29 is 18.7 Å². The summed E-state index contributed by atoms with van der Waals surface area (Å²) < 4.78 is 24.4. The maximum Gasteiger partial charge on any atom is 0.310 e. The summed E-state index contributed by atoms with van der Waals surface area (Å²) in [5, 5.41) is 3.48. The highest BCUT2D eigenvalue weighted by Gasteiger charge is 2.39. The molecule has 0 spiro atoms. The molecule has 2 aliphatic heterocycles. The van der Waals surface area contributed by atoms with Crippen LogP contribution in [0.15, 0.2) is 29.3 Å². The number of nitrogens with one attached hydrogen (secondary N) is 1. The van der Waals surface area contributed by atoms with Crippen LogP contribution in [0, 0.1) is 17.7 Å². The molecular weight excluding hydrogens is 361 g/mol. The minimum Gasteiger partial charge on any atom is -0.469 e. The maximum absolute atomic E-state index is 13.9. The molecule has 0 aliphatic carbocycles. The van der Waals surface area contributed by atoms with Crippen LogP contribution >= 0.6 is 0 Å². The molecule has 0 amide bonds. The summed E-state index contributed by atoms with van der Waals surface area (Å²) in [6.07, 6.45) is 1.64. The zero-order valence-corrected chi connectivity index (χ0v) is 16.9. The first-order valence-electron chi connectivity index (χ1n) is 9.86. The zero-order valence-electron chi connectivity index (χ0n) is 16.9. The molecule has 2 fully saturated rings. The largest absolute Gasteiger partial charge is 0.469 e. The average Bonchev–Trinajstić information content (AvgIpc) is 3.10. The van der Waals surface area contributed by atoms with E-state index in [-0.39, 0.29) is 29.0 Å². The molecule has 2 saturated heterocycles. The van der Waals surface area contributed by atoms with Crippen molar-refractivity contribution in [2.75, 3.05) is 47.0 Å². The van der Waals surface area contributed by atoms with E-state index >= 15 is 0 Å². The number of nitrogens with zero attached hydrogens (tertiary/aromatic N) is 2. The molecule has 2 aliphatic rings. The Morgan fingerprint density at radius 2 is 2.14 bits per heavy atom. The molecular formula is C21H30FN3O3. The van der Waals surface area contributed by atoms with Crippen LogP contribution in [0.4, 0.5) is 4.39 Å². The van der Waals surface area contributed by atoms with Crippen molar-refractivity contribution >= 4 is 11.9 Å². The number of carbonyl (C=O) groups excluding carboxylic acids is 1. The van der Waals surface area contributed by atoms with E-state index in [9.17, 15) is 9.18 Å². The summed E-state index contributed by atoms with van der Waals surface area (Å²) in [4.78, 5) is 18.5. The number of carbonyl (C=O) groups is 1. The maximum atomic E-state index is 13.9. The van der Waals surface area contributed by atoms with E-state index in [0.717, 1.165) is 30.9 Å². The Bertz CT molecular complexity index is 719. The van der Waals surface area contributed by atoms with E-state index in [4.69, 9.17) is 9.47 Å². The Labute approximate surface area is 166 Å². The first-order valence-corrected chi connectivity index (χ1v) is 9.86. The number of ether oxygens (including phenoxy) is 2. The molecule has 0 bridgehead atoms. The fourth-order valence-corrected chi connectivity index (χ4v) is 4.33. The molecule has 2 unspecified atom stereocenters. The van der Waals surface area contributed by atoms with Crippen molar-refractivity contribution in [3.8, 4) is 0 Å². The van der Waals surface area contributed by atoms with Crippen molar-refractivity contribution in [1.29, 1.82) is 0 Å². The first kappa shape index (κ1) is 20.6. The molecule has 3 rings (SSSR count). The highest BCUT2D eigenvalue weighted by molar-refractivity contribution is 5.82. The van der Waals surface area contributed by atoms with E-state index in [1.807, 2.05) is 6.07 Å². The molecule has 1 N–H and O–H groups in total. The smallest absolute Gasteiger partial charge is 0.310 e. The molecule has 0 saturated carbocycles. The van der Waals surface area contributed by atoms with Gasteiger partial charge >= 0.3 is 5.97 Å². The van der Waals surface area contributed by atoms with Gasteiger partial charge in [0.25, 0.3) is 0 Å². The summed E-state index contributed by atoms with van der Waals surface area (Å²) in [5.41, 5.74) is 0.782. The summed E-state index contributed by atoms with van der Waals surface area (Å²) in [7, 11) is 3.18. The highest BCUT2D eigenvalue weighted by atomic mass is 19.1. The Morgan fingerprint density at radius 1 is 1.39 bits per heavy atom. The van der Waals surface area contributed by atoms with Crippen LogP contribution < -0.4 is 5.32 Å². The molecule has 6 nitrogen and oxygen atoms in total. The second kappa shape index (κ2) is 8.90. The number of aliphatic imine (C=N–C) groups is 1. The number of hydrogen-bond donors (Lipinski definition) is 1. The third-order valence-electron chi connectivity index (χ3n) is 6.10. The average molecular weight is 391 g/mol. The van der Waals surface area contributed by atoms with Crippen molar-refractivity contribution in [2.24, 2.45) is 16.8 Å². The molecule has 1 aromatic rings. The normalized spacial score (nSPS) is 24.9. The summed E-state index contributed by atoms with van der Waals surface area (Å²) in [5.74, 6) is 0.420. The number of guanidine groups is 1. The molecule has 28 heavy (non-hydrogen) atoms. The van der Waals surface area contributed by atoms with E-state index in [1.165, 1.54) is 13.2 Å². The Balaban J connectivity index is 1.73. The fourth-order valence-electron chi connectivity index (χ4n) is 4.33. The number of rotatable bonds is 4. The molecule has 1 aromatic carbocycles. The van der Waals surface area contributed by atoms with Crippen LogP contribution in [-0.2, 0) is 19.7 Å². The number of esters is 1. The van der Waals surface area contributed by atoms with Gasteiger partial charge in [-0.25, -0.2) is 4.39 Å². The van der Waals surface area contributed by atoms with Crippen LogP contribution in [0.2, 0.25) is 0 Å². The number of halogens is 1. The fraction of sp³-hybridized carbons (Fsp3) is 0.619. The van der Waals surface area contributed by atoms with Gasteiger partial charge < -0.3 is 19.7 Å². The molecule has 2 heterocycles. The van der Waals surface area contributed by atoms with Gasteiger partial charge in [0.2, 0.25) is 0 Å². The second-order valence-electron chi connectivity index (χ2n) is 7.82. The van der Waals surface area contributed by atoms with Crippen LogP contribution in [0.25, 0.3) is 0 Å².